The van der Waals surface area contributed by atoms with Crippen molar-refractivity contribution in [2.24, 2.45) is 5.92 Å². The molecule has 5 rings (SSSR count). The van der Waals surface area contributed by atoms with Gasteiger partial charge in [-0.05, 0) is 45.7 Å². The van der Waals surface area contributed by atoms with Gasteiger partial charge in [0.05, 0.1) is 6.54 Å². The first kappa shape index (κ1) is 23.2. The summed E-state index contributed by atoms with van der Waals surface area (Å²) in [7, 11) is 0. The van der Waals surface area contributed by atoms with Crippen LogP contribution in [0.25, 0.3) is 21.8 Å². The quantitative estimate of drug-likeness (QED) is 0.438. The molecule has 0 bridgehead atoms. The summed E-state index contributed by atoms with van der Waals surface area (Å²) in [6, 6.07) is 9.82. The Morgan fingerprint density at radius 2 is 1.94 bits per heavy atom. The monoisotopic (exact) mass is 492 g/mol. The predicted molar refractivity (Wildman–Crippen MR) is 136 cm³/mol. The first-order valence-corrected chi connectivity index (χ1v) is 12.6. The normalized spacial score (nSPS) is 14.7. The van der Waals surface area contributed by atoms with Crippen molar-refractivity contribution in [1.29, 1.82) is 0 Å². The van der Waals surface area contributed by atoms with Crippen molar-refractivity contribution in [3.05, 3.63) is 58.5 Å². The molecule has 0 spiro atoms. The summed E-state index contributed by atoms with van der Waals surface area (Å²) < 4.78 is 7.91. The molecule has 1 aromatic carbocycles. The lowest BCUT2D eigenvalue weighted by atomic mass is 9.96. The van der Waals surface area contributed by atoms with E-state index in [2.05, 4.69) is 25.2 Å². The SMILES string of the molecule is Cc1oc(-c2ccccc2)nc1Cn1cnc2nc(N3CCC(C(=O)NC(C)C)CC3)sc2c1=O. The number of oxazole rings is 1. The van der Waals surface area contributed by atoms with Gasteiger partial charge in [-0.25, -0.2) is 9.97 Å². The molecule has 9 nitrogen and oxygen atoms in total. The third-order valence-electron chi connectivity index (χ3n) is 6.17. The Labute approximate surface area is 206 Å². The third-order valence-corrected chi connectivity index (χ3v) is 7.27. The summed E-state index contributed by atoms with van der Waals surface area (Å²) in [5.41, 5.74) is 1.89. The number of hydrogen-bond acceptors (Lipinski definition) is 8. The van der Waals surface area contributed by atoms with Crippen molar-refractivity contribution >= 4 is 32.7 Å². The van der Waals surface area contributed by atoms with Crippen molar-refractivity contribution in [1.82, 2.24) is 24.8 Å². The Bertz CT molecular complexity index is 1400. The van der Waals surface area contributed by atoms with E-state index < -0.39 is 0 Å². The van der Waals surface area contributed by atoms with E-state index in [0.29, 0.717) is 27.7 Å². The molecule has 1 saturated heterocycles. The number of thiazole rings is 1. The molecule has 1 fully saturated rings. The number of fused-ring (bicyclic) bond motifs is 1. The molecule has 1 aliphatic heterocycles. The molecule has 182 valence electrons. The van der Waals surface area contributed by atoms with E-state index in [1.165, 1.54) is 17.7 Å². The van der Waals surface area contributed by atoms with Gasteiger partial charge in [-0.2, -0.15) is 4.98 Å². The number of amides is 1. The van der Waals surface area contributed by atoms with Gasteiger partial charge in [0, 0.05) is 30.6 Å². The maximum absolute atomic E-state index is 13.2. The molecule has 35 heavy (non-hydrogen) atoms. The second-order valence-corrected chi connectivity index (χ2v) is 10.1. The molecule has 1 N–H and O–H groups in total. The first-order chi connectivity index (χ1) is 16.9. The minimum absolute atomic E-state index is 0.0184. The second kappa shape index (κ2) is 9.61. The molecular weight excluding hydrogens is 464 g/mol. The maximum atomic E-state index is 13.2. The molecule has 0 saturated carbocycles. The molecule has 4 aromatic rings. The number of hydrogen-bond donors (Lipinski definition) is 1. The van der Waals surface area contributed by atoms with Gasteiger partial charge in [-0.15, -0.1) is 0 Å². The Kier molecular flexibility index (Phi) is 6.38. The zero-order valence-electron chi connectivity index (χ0n) is 20.0. The predicted octanol–water partition coefficient (Wildman–Crippen LogP) is 3.61. The van der Waals surface area contributed by atoms with Crippen LogP contribution < -0.4 is 15.8 Å². The average Bonchev–Trinajstić information content (AvgIpc) is 3.45. The van der Waals surface area contributed by atoms with Crippen LogP contribution in [-0.4, -0.2) is 44.6 Å². The largest absolute Gasteiger partial charge is 0.441 e. The van der Waals surface area contributed by atoms with Gasteiger partial charge in [-0.1, -0.05) is 29.5 Å². The van der Waals surface area contributed by atoms with Crippen molar-refractivity contribution in [2.45, 2.75) is 46.2 Å². The number of carbonyl (C=O) groups is 1. The van der Waals surface area contributed by atoms with Crippen LogP contribution in [0.4, 0.5) is 5.13 Å². The Morgan fingerprint density at radius 3 is 2.66 bits per heavy atom. The van der Waals surface area contributed by atoms with Gasteiger partial charge in [0.15, 0.2) is 10.8 Å². The second-order valence-electron chi connectivity index (χ2n) is 9.14. The number of rotatable bonds is 6. The van der Waals surface area contributed by atoms with Crippen LogP contribution in [0.1, 0.15) is 38.1 Å². The van der Waals surface area contributed by atoms with Crippen LogP contribution in [0, 0.1) is 12.8 Å². The number of benzene rings is 1. The van der Waals surface area contributed by atoms with Crippen molar-refractivity contribution in [3.63, 3.8) is 0 Å². The van der Waals surface area contributed by atoms with Gasteiger partial charge >= 0.3 is 0 Å². The lowest BCUT2D eigenvalue weighted by Gasteiger charge is -2.31. The summed E-state index contributed by atoms with van der Waals surface area (Å²) in [4.78, 5) is 41.3. The molecule has 4 heterocycles. The minimum atomic E-state index is -0.145. The standard InChI is InChI=1S/C25H28N6O3S/c1-15(2)27-22(32)17-9-11-30(12-10-17)25-29-21-20(35-25)24(33)31(14-26-21)13-19-16(3)34-23(28-19)18-7-5-4-6-8-18/h4-8,14-15,17H,9-13H2,1-3H3,(H,27,32). The van der Waals surface area contributed by atoms with E-state index in [0.717, 1.165) is 36.6 Å². The lowest BCUT2D eigenvalue weighted by Crippen LogP contribution is -2.42. The van der Waals surface area contributed by atoms with E-state index in [4.69, 9.17) is 4.42 Å². The van der Waals surface area contributed by atoms with Crippen LogP contribution >= 0.6 is 11.3 Å². The molecule has 0 atom stereocenters. The van der Waals surface area contributed by atoms with E-state index in [1.54, 1.807) is 4.57 Å². The fraction of sp³-hybridized carbons (Fsp3) is 0.400. The zero-order chi connectivity index (χ0) is 24.5. The van der Waals surface area contributed by atoms with Crippen LogP contribution in [0.2, 0.25) is 0 Å². The van der Waals surface area contributed by atoms with Gasteiger partial charge < -0.3 is 14.6 Å². The highest BCUT2D eigenvalue weighted by atomic mass is 32.1. The van der Waals surface area contributed by atoms with Crippen LogP contribution in [0.3, 0.4) is 0 Å². The summed E-state index contributed by atoms with van der Waals surface area (Å²) in [5, 5.41) is 3.77. The average molecular weight is 493 g/mol. The van der Waals surface area contributed by atoms with Gasteiger partial charge in [0.2, 0.25) is 11.8 Å². The van der Waals surface area contributed by atoms with E-state index in [-0.39, 0.29) is 30.0 Å². The lowest BCUT2D eigenvalue weighted by molar-refractivity contribution is -0.126. The van der Waals surface area contributed by atoms with Gasteiger partial charge in [-0.3, -0.25) is 14.2 Å². The summed E-state index contributed by atoms with van der Waals surface area (Å²) in [6.07, 6.45) is 3.05. The molecule has 0 radical (unpaired) electrons. The van der Waals surface area contributed by atoms with Crippen molar-refractivity contribution in [2.75, 3.05) is 18.0 Å². The number of piperidine rings is 1. The zero-order valence-corrected chi connectivity index (χ0v) is 20.8. The number of nitrogens with zero attached hydrogens (tertiary/aromatic N) is 5. The Balaban J connectivity index is 1.33. The molecule has 1 aliphatic rings. The number of nitrogens with one attached hydrogen (secondary N) is 1. The summed E-state index contributed by atoms with van der Waals surface area (Å²) >= 11 is 1.36. The smallest absolute Gasteiger partial charge is 0.273 e. The number of anilines is 1. The number of aromatic nitrogens is 4. The van der Waals surface area contributed by atoms with Crippen molar-refractivity contribution in [3.8, 4) is 11.5 Å². The minimum Gasteiger partial charge on any atom is -0.441 e. The number of carbonyl (C=O) groups excluding carboxylic acids is 1. The van der Waals surface area contributed by atoms with E-state index >= 15 is 0 Å². The van der Waals surface area contributed by atoms with Crippen LogP contribution in [-0.2, 0) is 11.3 Å². The maximum Gasteiger partial charge on any atom is 0.273 e. The van der Waals surface area contributed by atoms with Crippen LogP contribution in [0.5, 0.6) is 0 Å². The van der Waals surface area contributed by atoms with Gasteiger partial charge in [0.25, 0.3) is 5.56 Å². The Hall–Kier alpha value is -3.53. The summed E-state index contributed by atoms with van der Waals surface area (Å²) in [5.74, 6) is 1.34. The highest BCUT2D eigenvalue weighted by molar-refractivity contribution is 7.22. The molecule has 0 aliphatic carbocycles. The molecule has 0 unspecified atom stereocenters. The topological polar surface area (TPSA) is 106 Å². The highest BCUT2D eigenvalue weighted by Crippen LogP contribution is 2.29. The molecule has 3 aromatic heterocycles. The fourth-order valence-corrected chi connectivity index (χ4v) is 5.28. The fourth-order valence-electron chi connectivity index (χ4n) is 4.26. The van der Waals surface area contributed by atoms with Gasteiger partial charge in [0.1, 0.15) is 22.5 Å². The molecule has 1 amide bonds. The van der Waals surface area contributed by atoms with E-state index in [1.807, 2.05) is 51.1 Å². The highest BCUT2D eigenvalue weighted by Gasteiger charge is 2.27. The summed E-state index contributed by atoms with van der Waals surface area (Å²) in [6.45, 7) is 7.52. The first-order valence-electron chi connectivity index (χ1n) is 11.8. The molecule has 10 heteroatoms. The van der Waals surface area contributed by atoms with Crippen LogP contribution in [0.15, 0.2) is 45.9 Å². The third kappa shape index (κ3) is 4.84. The number of aryl methyl sites for hydroxylation is 1. The van der Waals surface area contributed by atoms with E-state index in [9.17, 15) is 9.59 Å². The van der Waals surface area contributed by atoms with Crippen molar-refractivity contribution < 1.29 is 9.21 Å². The molecular formula is C25H28N6O3S. The Morgan fingerprint density at radius 1 is 1.20 bits per heavy atom.